The maximum atomic E-state index is 13.2. The topological polar surface area (TPSA) is 75.1 Å². The SMILES string of the molecule is COc1ccc2c3c1OC1c4nc5cccc6c5c(c4CC4(O)[C@@H](C2)N(CC2CC2)CC[C@]314)N(C)C6=O. The monoisotopic (exact) mass is 495 g/mol. The van der Waals surface area contributed by atoms with Crippen molar-refractivity contribution in [2.24, 2.45) is 5.92 Å². The lowest BCUT2D eigenvalue weighted by molar-refractivity contribution is -0.173. The molecule has 7 heteroatoms. The smallest absolute Gasteiger partial charge is 0.258 e. The molecule has 37 heavy (non-hydrogen) atoms. The number of fused-ring (bicyclic) bond motifs is 3. The Bertz CT molecular complexity index is 1580. The van der Waals surface area contributed by atoms with Crippen molar-refractivity contribution in [2.75, 3.05) is 32.1 Å². The third-order valence-corrected chi connectivity index (χ3v) is 10.4. The van der Waals surface area contributed by atoms with Crippen molar-refractivity contribution in [3.63, 3.8) is 0 Å². The van der Waals surface area contributed by atoms with Gasteiger partial charge in [0.15, 0.2) is 17.6 Å². The molecule has 3 aliphatic heterocycles. The van der Waals surface area contributed by atoms with Crippen molar-refractivity contribution in [1.82, 2.24) is 9.88 Å². The Labute approximate surface area is 215 Å². The van der Waals surface area contributed by atoms with Crippen LogP contribution in [0.3, 0.4) is 0 Å². The van der Waals surface area contributed by atoms with Gasteiger partial charge in [-0.05, 0) is 61.9 Å². The maximum Gasteiger partial charge on any atom is 0.258 e. The first kappa shape index (κ1) is 20.8. The van der Waals surface area contributed by atoms with Crippen molar-refractivity contribution in [2.45, 2.75) is 55.3 Å². The number of nitrogens with zero attached hydrogens (tertiary/aromatic N) is 3. The summed E-state index contributed by atoms with van der Waals surface area (Å²) in [5.74, 6) is 2.21. The number of pyridine rings is 1. The molecule has 1 saturated heterocycles. The van der Waals surface area contributed by atoms with E-state index in [1.54, 1.807) is 12.0 Å². The highest BCUT2D eigenvalue weighted by atomic mass is 16.5. The molecule has 2 unspecified atom stereocenters. The molecular formula is C30H29N3O4. The minimum Gasteiger partial charge on any atom is -0.493 e. The highest BCUT2D eigenvalue weighted by Crippen LogP contribution is 2.69. The summed E-state index contributed by atoms with van der Waals surface area (Å²) in [7, 11) is 3.53. The van der Waals surface area contributed by atoms with E-state index in [4.69, 9.17) is 14.5 Å². The van der Waals surface area contributed by atoms with E-state index < -0.39 is 17.1 Å². The van der Waals surface area contributed by atoms with Crippen LogP contribution in [0.4, 0.5) is 5.69 Å². The van der Waals surface area contributed by atoms with Crippen LogP contribution in [-0.4, -0.2) is 59.8 Å². The van der Waals surface area contributed by atoms with E-state index in [1.807, 2.05) is 31.3 Å². The summed E-state index contributed by atoms with van der Waals surface area (Å²) in [6.07, 6.45) is 4.22. The van der Waals surface area contributed by atoms with Crippen molar-refractivity contribution in [3.8, 4) is 11.5 Å². The van der Waals surface area contributed by atoms with Gasteiger partial charge in [0.2, 0.25) is 0 Å². The number of aliphatic hydroxyl groups is 1. The van der Waals surface area contributed by atoms with Crippen LogP contribution in [0.1, 0.15) is 58.1 Å². The van der Waals surface area contributed by atoms with Gasteiger partial charge in [-0.1, -0.05) is 12.1 Å². The molecule has 1 aromatic heterocycles. The van der Waals surface area contributed by atoms with E-state index in [0.717, 1.165) is 71.0 Å². The van der Waals surface area contributed by atoms with Gasteiger partial charge in [-0.15, -0.1) is 0 Å². The van der Waals surface area contributed by atoms with Crippen molar-refractivity contribution < 1.29 is 19.4 Å². The number of anilines is 1. The molecule has 3 aromatic rings. The van der Waals surface area contributed by atoms with Gasteiger partial charge in [-0.2, -0.15) is 0 Å². The molecule has 2 bridgehead atoms. The van der Waals surface area contributed by atoms with Crippen LogP contribution in [0.2, 0.25) is 0 Å². The second kappa shape index (κ2) is 6.45. The van der Waals surface area contributed by atoms with Gasteiger partial charge in [0.05, 0.1) is 40.6 Å². The summed E-state index contributed by atoms with van der Waals surface area (Å²) in [5.41, 5.74) is 5.00. The quantitative estimate of drug-likeness (QED) is 0.599. The number of carbonyl (C=O) groups is 1. The summed E-state index contributed by atoms with van der Waals surface area (Å²) in [4.78, 5) is 22.8. The second-order valence-corrected chi connectivity index (χ2v) is 12.0. The fourth-order valence-corrected chi connectivity index (χ4v) is 8.65. The molecule has 4 atom stereocenters. The Morgan fingerprint density at radius 2 is 2.11 bits per heavy atom. The predicted molar refractivity (Wildman–Crippen MR) is 138 cm³/mol. The lowest BCUT2D eigenvalue weighted by Gasteiger charge is -2.63. The molecule has 2 fully saturated rings. The Hall–Kier alpha value is -3.16. The van der Waals surface area contributed by atoms with Crippen LogP contribution in [0.25, 0.3) is 10.9 Å². The van der Waals surface area contributed by atoms with Crippen LogP contribution >= 0.6 is 0 Å². The largest absolute Gasteiger partial charge is 0.493 e. The van der Waals surface area contributed by atoms with Crippen molar-refractivity contribution >= 4 is 22.5 Å². The third-order valence-electron chi connectivity index (χ3n) is 10.4. The second-order valence-electron chi connectivity index (χ2n) is 12.0. The molecule has 188 valence electrons. The van der Waals surface area contributed by atoms with E-state index in [1.165, 1.54) is 18.4 Å². The minimum absolute atomic E-state index is 0.00602. The summed E-state index contributed by atoms with van der Waals surface area (Å²) in [6.45, 7) is 1.99. The number of hydrogen-bond donors (Lipinski definition) is 1. The Balaban J connectivity index is 1.35. The molecule has 6 aliphatic rings. The highest BCUT2D eigenvalue weighted by Gasteiger charge is 2.73. The fourth-order valence-electron chi connectivity index (χ4n) is 8.65. The number of amides is 1. The molecule has 1 amide bonds. The lowest BCUT2D eigenvalue weighted by Crippen LogP contribution is -2.74. The van der Waals surface area contributed by atoms with Crippen molar-refractivity contribution in [3.05, 3.63) is 58.3 Å². The average Bonchev–Trinajstić information content (AvgIpc) is 3.59. The van der Waals surface area contributed by atoms with Gasteiger partial charge in [0.25, 0.3) is 5.91 Å². The van der Waals surface area contributed by atoms with Gasteiger partial charge in [0.1, 0.15) is 0 Å². The minimum atomic E-state index is -1.03. The first-order chi connectivity index (χ1) is 18.0. The fraction of sp³-hybridized carbons (Fsp3) is 0.467. The zero-order chi connectivity index (χ0) is 24.8. The lowest BCUT2D eigenvalue weighted by atomic mass is 9.48. The number of carbonyl (C=O) groups excluding carboxylic acids is 1. The van der Waals surface area contributed by atoms with Crippen LogP contribution in [0, 0.1) is 5.92 Å². The molecule has 7 nitrogen and oxygen atoms in total. The number of ether oxygens (including phenoxy) is 2. The van der Waals surface area contributed by atoms with Crippen LogP contribution < -0.4 is 14.4 Å². The molecule has 1 saturated carbocycles. The normalized spacial score (nSPS) is 32.4. The number of hydrogen-bond acceptors (Lipinski definition) is 6. The van der Waals surface area contributed by atoms with Gasteiger partial charge in [0, 0.05) is 42.6 Å². The Morgan fingerprint density at radius 3 is 2.92 bits per heavy atom. The van der Waals surface area contributed by atoms with Crippen LogP contribution in [0.15, 0.2) is 30.3 Å². The number of likely N-dealkylation sites (tertiary alicyclic amines) is 1. The van der Waals surface area contributed by atoms with Crippen molar-refractivity contribution in [1.29, 1.82) is 0 Å². The van der Waals surface area contributed by atoms with Gasteiger partial charge < -0.3 is 19.5 Å². The molecule has 0 radical (unpaired) electrons. The van der Waals surface area contributed by atoms with Gasteiger partial charge >= 0.3 is 0 Å². The average molecular weight is 496 g/mol. The third kappa shape index (κ3) is 2.21. The predicted octanol–water partition coefficient (Wildman–Crippen LogP) is 3.53. The van der Waals surface area contributed by atoms with E-state index in [9.17, 15) is 9.90 Å². The number of methoxy groups -OCH3 is 1. The number of benzene rings is 2. The van der Waals surface area contributed by atoms with Gasteiger partial charge in [-0.25, -0.2) is 4.98 Å². The zero-order valence-corrected chi connectivity index (χ0v) is 21.1. The Morgan fingerprint density at radius 1 is 1.24 bits per heavy atom. The summed E-state index contributed by atoms with van der Waals surface area (Å²) >= 11 is 0. The van der Waals surface area contributed by atoms with Crippen LogP contribution in [-0.2, 0) is 18.3 Å². The van der Waals surface area contributed by atoms with E-state index in [-0.39, 0.29) is 11.9 Å². The summed E-state index contributed by atoms with van der Waals surface area (Å²) in [6, 6.07) is 9.97. The zero-order valence-electron chi connectivity index (χ0n) is 21.1. The number of aromatic nitrogens is 1. The summed E-state index contributed by atoms with van der Waals surface area (Å²) in [5, 5.41) is 14.0. The molecule has 3 aliphatic carbocycles. The first-order valence-corrected chi connectivity index (χ1v) is 13.5. The maximum absolute atomic E-state index is 13.2. The van der Waals surface area contributed by atoms with E-state index >= 15 is 0 Å². The molecular weight excluding hydrogens is 466 g/mol. The number of piperidine rings is 1. The molecule has 1 N–H and O–H groups in total. The van der Waals surface area contributed by atoms with Gasteiger partial charge in [-0.3, -0.25) is 9.69 Å². The Kier molecular flexibility index (Phi) is 3.63. The summed E-state index contributed by atoms with van der Waals surface area (Å²) < 4.78 is 12.7. The van der Waals surface area contributed by atoms with Crippen LogP contribution in [0.5, 0.6) is 11.5 Å². The van der Waals surface area contributed by atoms with E-state index in [0.29, 0.717) is 17.7 Å². The number of rotatable bonds is 3. The molecule has 9 rings (SSSR count). The first-order valence-electron chi connectivity index (χ1n) is 13.5. The van der Waals surface area contributed by atoms with E-state index in [2.05, 4.69) is 11.0 Å². The molecule has 2 aromatic carbocycles. The molecule has 1 spiro atoms. The standard InChI is InChI=1S/C30H29N3O4/c1-32-25-18-13-30(35)21-12-16-8-9-20(36-2)26-23(16)29(30,10-11-33(21)14-15-6-7-15)27(37-26)24(18)31-19-5-3-4-17(22(19)25)28(32)34/h3-5,8-9,15,21,27,35H,6-7,10-14H2,1-2H3/t21-,27?,29+,30?/m1/s1. The molecule has 4 heterocycles. The highest BCUT2D eigenvalue weighted by molar-refractivity contribution is 6.25.